The van der Waals surface area contributed by atoms with E-state index < -0.39 is 16.1 Å². The first-order valence-electron chi connectivity index (χ1n) is 14.2. The Morgan fingerprint density at radius 3 is 1.86 bits per heavy atom. The Hall–Kier alpha value is -4.27. The van der Waals surface area contributed by atoms with Gasteiger partial charge in [-0.1, -0.05) is 110 Å². The first-order chi connectivity index (χ1) is 20.4. The number of benzene rings is 4. The minimum absolute atomic E-state index is 0.159. The van der Waals surface area contributed by atoms with Gasteiger partial charge in [-0.25, -0.2) is 13.1 Å². The Bertz CT molecular complexity index is 1530. The Morgan fingerprint density at radius 1 is 0.714 bits per heavy atom. The van der Waals surface area contributed by atoms with Crippen molar-refractivity contribution in [3.63, 3.8) is 0 Å². The van der Waals surface area contributed by atoms with Crippen LogP contribution >= 0.6 is 0 Å². The van der Waals surface area contributed by atoms with Crippen LogP contribution in [0.3, 0.4) is 0 Å². The molecule has 4 aromatic rings. The zero-order valence-electron chi connectivity index (χ0n) is 23.8. The molecule has 0 aliphatic heterocycles. The second-order valence-corrected chi connectivity index (χ2v) is 11.8. The highest BCUT2D eigenvalue weighted by atomic mass is 32.2. The summed E-state index contributed by atoms with van der Waals surface area (Å²) in [5, 5.41) is 3.06. The number of amides is 2. The average molecular weight is 584 g/mol. The molecule has 7 nitrogen and oxygen atoms in total. The van der Waals surface area contributed by atoms with Crippen LogP contribution in [0.25, 0.3) is 0 Å². The molecule has 0 saturated heterocycles. The van der Waals surface area contributed by atoms with Crippen molar-refractivity contribution >= 4 is 21.8 Å². The van der Waals surface area contributed by atoms with Crippen molar-refractivity contribution in [2.75, 3.05) is 13.1 Å². The first-order valence-corrected chi connectivity index (χ1v) is 15.6. The summed E-state index contributed by atoms with van der Waals surface area (Å²) < 4.78 is 27.1. The summed E-state index contributed by atoms with van der Waals surface area (Å²) >= 11 is 0. The molecule has 0 bridgehead atoms. The van der Waals surface area contributed by atoms with E-state index >= 15 is 0 Å². The fourth-order valence-electron chi connectivity index (χ4n) is 4.79. The van der Waals surface area contributed by atoms with Gasteiger partial charge < -0.3 is 10.2 Å². The zero-order chi connectivity index (χ0) is 29.8. The normalized spacial score (nSPS) is 11.9. The van der Waals surface area contributed by atoms with Crippen molar-refractivity contribution in [1.82, 2.24) is 14.9 Å². The molecule has 8 heteroatoms. The molecule has 4 rings (SSSR count). The SMILES string of the molecule is CCNS(=O)(=O)c1ccc(CCC(=O)N(Cc2ccccc2)C(C(=O)NCCc2ccccc2)c2ccccc2)cc1. The number of hydrogen-bond acceptors (Lipinski definition) is 4. The molecule has 0 radical (unpaired) electrons. The molecule has 1 unspecified atom stereocenters. The molecule has 0 heterocycles. The van der Waals surface area contributed by atoms with Gasteiger partial charge in [-0.05, 0) is 47.2 Å². The zero-order valence-corrected chi connectivity index (χ0v) is 24.6. The van der Waals surface area contributed by atoms with Gasteiger partial charge in [0, 0.05) is 26.1 Å². The van der Waals surface area contributed by atoms with Crippen LogP contribution in [0, 0.1) is 0 Å². The van der Waals surface area contributed by atoms with E-state index in [0.29, 0.717) is 25.9 Å². The Balaban J connectivity index is 1.55. The number of rotatable bonds is 14. The van der Waals surface area contributed by atoms with Gasteiger partial charge in [-0.15, -0.1) is 0 Å². The third kappa shape index (κ3) is 8.61. The summed E-state index contributed by atoms with van der Waals surface area (Å²) in [6.07, 6.45) is 1.25. The van der Waals surface area contributed by atoms with Gasteiger partial charge in [0.05, 0.1) is 4.90 Å². The van der Waals surface area contributed by atoms with E-state index in [-0.39, 0.29) is 29.7 Å². The Morgan fingerprint density at radius 2 is 1.26 bits per heavy atom. The second-order valence-electron chi connectivity index (χ2n) is 9.99. The number of nitrogens with one attached hydrogen (secondary N) is 2. The molecular formula is C34H37N3O4S. The van der Waals surface area contributed by atoms with Crippen molar-refractivity contribution in [3.05, 3.63) is 138 Å². The van der Waals surface area contributed by atoms with Crippen molar-refractivity contribution in [3.8, 4) is 0 Å². The molecule has 0 fully saturated rings. The van der Waals surface area contributed by atoms with E-state index in [1.807, 2.05) is 91.0 Å². The minimum atomic E-state index is -3.55. The molecule has 1 atom stereocenters. The van der Waals surface area contributed by atoms with Gasteiger partial charge in [-0.2, -0.15) is 0 Å². The van der Waals surface area contributed by atoms with E-state index in [1.54, 1.807) is 36.1 Å². The smallest absolute Gasteiger partial charge is 0.247 e. The van der Waals surface area contributed by atoms with E-state index in [1.165, 1.54) is 0 Å². The summed E-state index contributed by atoms with van der Waals surface area (Å²) in [6.45, 7) is 2.75. The monoisotopic (exact) mass is 583 g/mol. The number of hydrogen-bond donors (Lipinski definition) is 2. The van der Waals surface area contributed by atoms with E-state index in [9.17, 15) is 18.0 Å². The van der Waals surface area contributed by atoms with Crippen LogP contribution in [0.15, 0.2) is 120 Å². The van der Waals surface area contributed by atoms with Gasteiger partial charge >= 0.3 is 0 Å². The maximum absolute atomic E-state index is 13.9. The number of sulfonamides is 1. The standard InChI is InChI=1S/C34H37N3O4S/c1-2-36-42(40,41)31-21-18-28(19-22-31)20-23-32(38)37(26-29-14-8-4-9-15-29)33(30-16-10-5-11-17-30)34(39)35-25-24-27-12-6-3-7-13-27/h3-19,21-22,33,36H,2,20,23-26H2,1H3,(H,35,39). The van der Waals surface area contributed by atoms with Gasteiger partial charge in [0.15, 0.2) is 0 Å². The Kier molecular flexibility index (Phi) is 11.0. The summed E-state index contributed by atoms with van der Waals surface area (Å²) in [5.74, 6) is -0.408. The fourth-order valence-corrected chi connectivity index (χ4v) is 5.83. The predicted molar refractivity (Wildman–Crippen MR) is 165 cm³/mol. The summed E-state index contributed by atoms with van der Waals surface area (Å²) in [5.41, 5.74) is 3.61. The Labute approximate surface area is 248 Å². The highest BCUT2D eigenvalue weighted by Crippen LogP contribution is 2.25. The minimum Gasteiger partial charge on any atom is -0.354 e. The third-order valence-corrected chi connectivity index (χ3v) is 8.50. The maximum Gasteiger partial charge on any atom is 0.247 e. The average Bonchev–Trinajstić information content (AvgIpc) is 3.01. The van der Waals surface area contributed by atoms with Crippen molar-refractivity contribution in [2.45, 2.75) is 43.7 Å². The van der Waals surface area contributed by atoms with Crippen LogP contribution in [0.5, 0.6) is 0 Å². The van der Waals surface area contributed by atoms with Gasteiger partial charge in [0.25, 0.3) is 0 Å². The molecular weight excluding hydrogens is 546 g/mol. The highest BCUT2D eigenvalue weighted by molar-refractivity contribution is 7.89. The van der Waals surface area contributed by atoms with E-state index in [2.05, 4.69) is 10.0 Å². The number of carbonyl (C=O) groups is 2. The molecule has 0 aromatic heterocycles. The van der Waals surface area contributed by atoms with Crippen LogP contribution in [0.2, 0.25) is 0 Å². The second kappa shape index (κ2) is 15.1. The summed E-state index contributed by atoms with van der Waals surface area (Å²) in [4.78, 5) is 29.5. The topological polar surface area (TPSA) is 95.6 Å². The van der Waals surface area contributed by atoms with Crippen LogP contribution in [0.4, 0.5) is 0 Å². The largest absolute Gasteiger partial charge is 0.354 e. The van der Waals surface area contributed by atoms with Gasteiger partial charge in [-0.3, -0.25) is 9.59 Å². The van der Waals surface area contributed by atoms with Crippen LogP contribution in [-0.4, -0.2) is 38.2 Å². The summed E-state index contributed by atoms with van der Waals surface area (Å²) in [6, 6.07) is 34.7. The maximum atomic E-state index is 13.9. The fraction of sp³-hybridized carbons (Fsp3) is 0.235. The van der Waals surface area contributed by atoms with E-state index in [0.717, 1.165) is 22.3 Å². The third-order valence-electron chi connectivity index (χ3n) is 6.94. The molecule has 2 N–H and O–H groups in total. The number of carbonyl (C=O) groups excluding carboxylic acids is 2. The lowest BCUT2D eigenvalue weighted by molar-refractivity contribution is -0.141. The lowest BCUT2D eigenvalue weighted by atomic mass is 10.0. The van der Waals surface area contributed by atoms with Crippen LogP contribution < -0.4 is 10.0 Å². The molecule has 4 aromatic carbocycles. The van der Waals surface area contributed by atoms with E-state index in [4.69, 9.17) is 0 Å². The summed E-state index contributed by atoms with van der Waals surface area (Å²) in [7, 11) is -3.55. The molecule has 0 spiro atoms. The molecule has 218 valence electrons. The van der Waals surface area contributed by atoms with Gasteiger partial charge in [0.2, 0.25) is 21.8 Å². The number of nitrogens with zero attached hydrogens (tertiary/aromatic N) is 1. The molecule has 0 aliphatic rings. The molecule has 42 heavy (non-hydrogen) atoms. The van der Waals surface area contributed by atoms with Gasteiger partial charge in [0.1, 0.15) is 6.04 Å². The lowest BCUT2D eigenvalue weighted by Gasteiger charge is -2.32. The van der Waals surface area contributed by atoms with Crippen molar-refractivity contribution < 1.29 is 18.0 Å². The highest BCUT2D eigenvalue weighted by Gasteiger charge is 2.31. The van der Waals surface area contributed by atoms with Crippen molar-refractivity contribution in [1.29, 1.82) is 0 Å². The lowest BCUT2D eigenvalue weighted by Crippen LogP contribution is -2.44. The molecule has 0 saturated carbocycles. The quantitative estimate of drug-likeness (QED) is 0.217. The van der Waals surface area contributed by atoms with Crippen LogP contribution in [0.1, 0.15) is 41.6 Å². The van der Waals surface area contributed by atoms with Crippen LogP contribution in [-0.2, 0) is 39.0 Å². The van der Waals surface area contributed by atoms with Crippen molar-refractivity contribution in [2.24, 2.45) is 0 Å². The predicted octanol–water partition coefficient (Wildman–Crippen LogP) is 5.05. The molecule has 2 amide bonds. The number of aryl methyl sites for hydroxylation is 1. The molecule has 0 aliphatic carbocycles. The first kappa shape index (κ1) is 30.7.